The van der Waals surface area contributed by atoms with Crippen LogP contribution in [0, 0.1) is 0 Å². The molecule has 23 heavy (non-hydrogen) atoms. The highest BCUT2D eigenvalue weighted by molar-refractivity contribution is 7.09. The van der Waals surface area contributed by atoms with Crippen molar-refractivity contribution in [3.63, 3.8) is 0 Å². The minimum atomic E-state index is -0.385. The van der Waals surface area contributed by atoms with Gasteiger partial charge in [-0.2, -0.15) is 0 Å². The third kappa shape index (κ3) is 6.52. The van der Waals surface area contributed by atoms with E-state index in [9.17, 15) is 4.79 Å². The zero-order valence-corrected chi connectivity index (χ0v) is 16.1. The Balaban J connectivity index is 0.00000242. The largest absolute Gasteiger partial charge is 0.372 e. The molecule has 0 aromatic carbocycles. The molecule has 2 atom stereocenters. The first-order valence-electron chi connectivity index (χ1n) is 7.25. The van der Waals surface area contributed by atoms with Crippen molar-refractivity contribution in [2.24, 2.45) is 0 Å². The molecule has 9 heteroatoms. The summed E-state index contributed by atoms with van der Waals surface area (Å²) >= 11 is 1.57. The zero-order valence-electron chi connectivity index (χ0n) is 13.6. The molecule has 1 N–H and O–H groups in total. The third-order valence-corrected chi connectivity index (χ3v) is 4.37. The Labute approximate surface area is 153 Å². The van der Waals surface area contributed by atoms with E-state index in [1.807, 2.05) is 19.2 Å². The van der Waals surface area contributed by atoms with Crippen LogP contribution in [0.1, 0.15) is 30.7 Å². The normalized spacial score (nSPS) is 18.5. The molecular weight excluding hydrogens is 361 g/mol. The molecule has 1 aliphatic heterocycles. The van der Waals surface area contributed by atoms with Gasteiger partial charge in [0, 0.05) is 32.1 Å². The number of thiazole rings is 1. The van der Waals surface area contributed by atoms with Crippen molar-refractivity contribution >= 4 is 42.1 Å². The van der Waals surface area contributed by atoms with Crippen molar-refractivity contribution in [1.82, 2.24) is 15.2 Å². The number of hydrogen-bond acceptors (Lipinski definition) is 6. The summed E-state index contributed by atoms with van der Waals surface area (Å²) in [5, 5.41) is 6.09. The average Bonchev–Trinajstić information content (AvgIpc) is 2.96. The van der Waals surface area contributed by atoms with Gasteiger partial charge in [-0.25, -0.2) is 4.98 Å². The molecule has 1 aromatic heterocycles. The summed E-state index contributed by atoms with van der Waals surface area (Å²) in [5.41, 5.74) is 0.890. The predicted octanol–water partition coefficient (Wildman–Crippen LogP) is 2.03. The van der Waals surface area contributed by atoms with Crippen molar-refractivity contribution < 1.29 is 14.3 Å². The molecule has 1 saturated heterocycles. The number of nitrogens with zero attached hydrogens (tertiary/aromatic N) is 2. The molecule has 0 radical (unpaired) electrons. The Bertz CT molecular complexity index is 470. The summed E-state index contributed by atoms with van der Waals surface area (Å²) in [5.74, 6) is -0.00499. The number of rotatable bonds is 6. The molecule has 1 fully saturated rings. The highest BCUT2D eigenvalue weighted by Gasteiger charge is 2.25. The lowest BCUT2D eigenvalue weighted by molar-refractivity contribution is -0.144. The molecule has 6 nitrogen and oxygen atoms in total. The van der Waals surface area contributed by atoms with Crippen LogP contribution < -0.4 is 5.32 Å². The van der Waals surface area contributed by atoms with E-state index in [1.54, 1.807) is 23.3 Å². The molecule has 2 unspecified atom stereocenters. The van der Waals surface area contributed by atoms with Crippen LogP contribution in [0.4, 0.5) is 0 Å². The highest BCUT2D eigenvalue weighted by Crippen LogP contribution is 2.21. The highest BCUT2D eigenvalue weighted by atomic mass is 35.5. The minimum absolute atomic E-state index is 0. The molecule has 0 saturated carbocycles. The Hall–Kier alpha value is -0.440. The van der Waals surface area contributed by atoms with E-state index in [1.165, 1.54) is 0 Å². The van der Waals surface area contributed by atoms with E-state index in [-0.39, 0.29) is 42.9 Å². The van der Waals surface area contributed by atoms with Gasteiger partial charge in [0.2, 0.25) is 0 Å². The van der Waals surface area contributed by atoms with E-state index < -0.39 is 0 Å². The number of ether oxygens (including phenoxy) is 2. The molecule has 134 valence electrons. The lowest BCUT2D eigenvalue weighted by Gasteiger charge is -2.26. The van der Waals surface area contributed by atoms with Crippen LogP contribution in [0.5, 0.6) is 0 Å². The van der Waals surface area contributed by atoms with Gasteiger partial charge in [0.1, 0.15) is 17.2 Å². The smallest absolute Gasteiger partial charge is 0.253 e. The maximum atomic E-state index is 12.3. The Kier molecular flexibility index (Phi) is 11.0. The summed E-state index contributed by atoms with van der Waals surface area (Å²) in [6, 6.07) is 0. The SMILES string of the molecule is CCOC(C)c1nc(CN(C)C(=O)C2CNCCO2)cs1.Cl.Cl. The van der Waals surface area contributed by atoms with Crippen molar-refractivity contribution in [3.05, 3.63) is 16.1 Å². The van der Waals surface area contributed by atoms with Crippen LogP contribution >= 0.6 is 36.2 Å². The minimum Gasteiger partial charge on any atom is -0.372 e. The standard InChI is InChI=1S/C14H23N3O3S.2ClH/c1-4-19-10(2)13-16-11(9-21-13)8-17(3)14(18)12-7-15-5-6-20-12;;/h9-10,12,15H,4-8H2,1-3H3;2*1H. The van der Waals surface area contributed by atoms with E-state index in [0.717, 1.165) is 17.2 Å². The molecule has 1 aromatic rings. The first kappa shape index (κ1) is 22.6. The third-order valence-electron chi connectivity index (χ3n) is 3.31. The number of carbonyl (C=O) groups is 1. The number of hydrogen-bond donors (Lipinski definition) is 1. The van der Waals surface area contributed by atoms with Gasteiger partial charge in [0.25, 0.3) is 5.91 Å². The fourth-order valence-corrected chi connectivity index (χ4v) is 3.01. The van der Waals surface area contributed by atoms with E-state index in [0.29, 0.717) is 26.3 Å². The lowest BCUT2D eigenvalue weighted by Crippen LogP contribution is -2.48. The summed E-state index contributed by atoms with van der Waals surface area (Å²) in [7, 11) is 1.78. The maximum absolute atomic E-state index is 12.3. The number of amides is 1. The Morgan fingerprint density at radius 1 is 1.61 bits per heavy atom. The molecule has 2 heterocycles. The van der Waals surface area contributed by atoms with Gasteiger partial charge in [-0.1, -0.05) is 0 Å². The zero-order chi connectivity index (χ0) is 15.2. The van der Waals surface area contributed by atoms with E-state index in [2.05, 4.69) is 10.3 Å². The number of halogens is 2. The quantitative estimate of drug-likeness (QED) is 0.811. The fraction of sp³-hybridized carbons (Fsp3) is 0.714. The number of nitrogens with one attached hydrogen (secondary N) is 1. The number of likely N-dealkylation sites (N-methyl/N-ethyl adjacent to an activating group) is 1. The molecule has 1 amide bonds. The van der Waals surface area contributed by atoms with Gasteiger partial charge in [-0.05, 0) is 13.8 Å². The fourth-order valence-electron chi connectivity index (χ4n) is 2.19. The van der Waals surface area contributed by atoms with Crippen molar-refractivity contribution in [3.8, 4) is 0 Å². The van der Waals surface area contributed by atoms with Crippen LogP contribution in [0.25, 0.3) is 0 Å². The molecule has 0 aliphatic carbocycles. The van der Waals surface area contributed by atoms with Gasteiger partial charge in [0.15, 0.2) is 0 Å². The first-order valence-corrected chi connectivity index (χ1v) is 8.13. The molecule has 0 spiro atoms. The van der Waals surface area contributed by atoms with E-state index >= 15 is 0 Å². The van der Waals surface area contributed by atoms with E-state index in [4.69, 9.17) is 9.47 Å². The number of aromatic nitrogens is 1. The van der Waals surface area contributed by atoms with Crippen molar-refractivity contribution in [2.75, 3.05) is 33.4 Å². The summed E-state index contributed by atoms with van der Waals surface area (Å²) < 4.78 is 11.0. The summed E-state index contributed by atoms with van der Waals surface area (Å²) in [6.45, 7) is 7.08. The summed E-state index contributed by atoms with van der Waals surface area (Å²) in [6.07, 6.45) is -0.384. The van der Waals surface area contributed by atoms with Crippen LogP contribution in [-0.4, -0.2) is 55.2 Å². The first-order chi connectivity index (χ1) is 10.1. The van der Waals surface area contributed by atoms with Gasteiger partial charge in [0.05, 0.1) is 18.8 Å². The van der Waals surface area contributed by atoms with Crippen LogP contribution in [-0.2, 0) is 20.8 Å². The second kappa shape index (κ2) is 11.2. The van der Waals surface area contributed by atoms with Crippen LogP contribution in [0.2, 0.25) is 0 Å². The van der Waals surface area contributed by atoms with Gasteiger partial charge < -0.3 is 19.7 Å². The van der Waals surface area contributed by atoms with Crippen LogP contribution in [0.15, 0.2) is 5.38 Å². The molecule has 0 bridgehead atoms. The van der Waals surface area contributed by atoms with Crippen LogP contribution in [0.3, 0.4) is 0 Å². The lowest BCUT2D eigenvalue weighted by atomic mass is 10.2. The predicted molar refractivity (Wildman–Crippen MR) is 95.7 cm³/mol. The number of morpholine rings is 1. The molecule has 2 rings (SSSR count). The number of carbonyl (C=O) groups excluding carboxylic acids is 1. The molecule has 1 aliphatic rings. The van der Waals surface area contributed by atoms with Gasteiger partial charge >= 0.3 is 0 Å². The average molecular weight is 386 g/mol. The van der Waals surface area contributed by atoms with Gasteiger partial charge in [-0.15, -0.1) is 36.2 Å². The summed E-state index contributed by atoms with van der Waals surface area (Å²) in [4.78, 5) is 18.5. The Morgan fingerprint density at radius 3 is 2.96 bits per heavy atom. The van der Waals surface area contributed by atoms with Crippen molar-refractivity contribution in [1.29, 1.82) is 0 Å². The topological polar surface area (TPSA) is 63.7 Å². The van der Waals surface area contributed by atoms with Gasteiger partial charge in [-0.3, -0.25) is 4.79 Å². The van der Waals surface area contributed by atoms with Crippen molar-refractivity contribution in [2.45, 2.75) is 32.6 Å². The monoisotopic (exact) mass is 385 g/mol. The molecular formula is C14H25Cl2N3O3S. The maximum Gasteiger partial charge on any atom is 0.253 e. The Morgan fingerprint density at radius 2 is 2.35 bits per heavy atom. The second-order valence-electron chi connectivity index (χ2n) is 5.03. The second-order valence-corrected chi connectivity index (χ2v) is 5.92.